The Hall–Kier alpha value is -1.02. The van der Waals surface area contributed by atoms with Gasteiger partial charge >= 0.3 is 0 Å². The maximum absolute atomic E-state index is 10.2. The van der Waals surface area contributed by atoms with Crippen molar-refractivity contribution in [1.82, 2.24) is 0 Å². The van der Waals surface area contributed by atoms with Gasteiger partial charge in [0.25, 0.3) is 0 Å². The van der Waals surface area contributed by atoms with E-state index >= 15 is 0 Å². The zero-order valence-electron chi connectivity index (χ0n) is 20.7. The van der Waals surface area contributed by atoms with Gasteiger partial charge in [-0.25, -0.2) is 0 Å². The summed E-state index contributed by atoms with van der Waals surface area (Å²) < 4.78 is 5.69. The fourth-order valence-electron chi connectivity index (χ4n) is 8.60. The van der Waals surface area contributed by atoms with Gasteiger partial charge in [-0.15, -0.1) is 0 Å². The van der Waals surface area contributed by atoms with Gasteiger partial charge < -0.3 is 9.84 Å². The van der Waals surface area contributed by atoms with Crippen molar-refractivity contribution in [2.24, 2.45) is 46.3 Å². The first-order valence-electron chi connectivity index (χ1n) is 13.1. The van der Waals surface area contributed by atoms with Crippen molar-refractivity contribution in [2.75, 3.05) is 0 Å². The molecule has 1 N–H and O–H groups in total. The highest BCUT2D eigenvalue weighted by Crippen LogP contribution is 2.67. The molecule has 0 heterocycles. The van der Waals surface area contributed by atoms with Crippen molar-refractivity contribution in [3.8, 4) is 0 Å². The maximum Gasteiger partial charge on any atom is 0.102 e. The third-order valence-electron chi connectivity index (χ3n) is 10.3. The number of hydrogen-bond donors (Lipinski definition) is 1. The molecule has 0 bridgehead atoms. The second kappa shape index (κ2) is 8.73. The Morgan fingerprint density at radius 2 is 1.94 bits per heavy atom. The Morgan fingerprint density at radius 3 is 2.65 bits per heavy atom. The molecule has 0 saturated heterocycles. The molecule has 0 aromatic heterocycles. The molecule has 8 atom stereocenters. The summed E-state index contributed by atoms with van der Waals surface area (Å²) in [6.07, 6.45) is 17.4. The van der Waals surface area contributed by atoms with E-state index in [9.17, 15) is 5.11 Å². The van der Waals surface area contributed by atoms with Gasteiger partial charge in [0.2, 0.25) is 0 Å². The van der Waals surface area contributed by atoms with Crippen LogP contribution in [-0.4, -0.2) is 11.2 Å². The summed E-state index contributed by atoms with van der Waals surface area (Å²) in [7, 11) is 0. The molecule has 0 amide bonds. The number of allylic oxidation sites excluding steroid dienone is 3. The minimum atomic E-state index is -0.102. The molecular weight excluding hydrogens is 380 g/mol. The lowest BCUT2D eigenvalue weighted by molar-refractivity contribution is -0.0565. The summed E-state index contributed by atoms with van der Waals surface area (Å²) in [6.45, 7) is 15.8. The fraction of sp³-hybridized carbons (Fsp3) is 0.793. The first-order chi connectivity index (χ1) is 14.7. The lowest BCUT2D eigenvalue weighted by atomic mass is 9.47. The van der Waals surface area contributed by atoms with E-state index in [0.29, 0.717) is 22.7 Å². The Balaban J connectivity index is 1.50. The van der Waals surface area contributed by atoms with Crippen molar-refractivity contribution in [2.45, 2.75) is 98.5 Å². The quantitative estimate of drug-likeness (QED) is 0.349. The van der Waals surface area contributed by atoms with Crippen LogP contribution < -0.4 is 0 Å². The van der Waals surface area contributed by atoms with Crippen LogP contribution in [0.3, 0.4) is 0 Å². The molecule has 0 spiro atoms. The summed E-state index contributed by atoms with van der Waals surface area (Å²) in [5, 5.41) is 10.2. The van der Waals surface area contributed by atoms with Crippen molar-refractivity contribution >= 4 is 0 Å². The summed E-state index contributed by atoms with van der Waals surface area (Å²) in [5.41, 5.74) is 2.43. The van der Waals surface area contributed by atoms with Gasteiger partial charge in [0.05, 0.1) is 12.4 Å². The molecule has 0 aliphatic heterocycles. The first-order valence-corrected chi connectivity index (χ1v) is 13.1. The van der Waals surface area contributed by atoms with Crippen LogP contribution in [0.25, 0.3) is 0 Å². The van der Waals surface area contributed by atoms with Gasteiger partial charge in [0.1, 0.15) is 5.76 Å². The van der Waals surface area contributed by atoms with Crippen molar-refractivity contribution < 1.29 is 9.84 Å². The highest BCUT2D eigenvalue weighted by molar-refractivity contribution is 5.25. The monoisotopic (exact) mass is 426 g/mol. The summed E-state index contributed by atoms with van der Waals surface area (Å²) in [6, 6.07) is 0. The van der Waals surface area contributed by atoms with E-state index in [1.165, 1.54) is 38.5 Å². The number of rotatable bonds is 6. The lowest BCUT2D eigenvalue weighted by Gasteiger charge is -2.58. The number of fused-ring (bicyclic) bond motifs is 5. The van der Waals surface area contributed by atoms with Crippen LogP contribution >= 0.6 is 0 Å². The van der Waals surface area contributed by atoms with Gasteiger partial charge in [0, 0.05) is 5.92 Å². The van der Waals surface area contributed by atoms with Gasteiger partial charge in [-0.05, 0) is 104 Å². The zero-order chi connectivity index (χ0) is 22.4. The molecule has 3 fully saturated rings. The zero-order valence-corrected chi connectivity index (χ0v) is 20.7. The second-order valence-electron chi connectivity index (χ2n) is 12.1. The average molecular weight is 427 g/mol. The fourth-order valence-corrected chi connectivity index (χ4v) is 8.60. The highest BCUT2D eigenvalue weighted by atomic mass is 16.5. The van der Waals surface area contributed by atoms with E-state index in [2.05, 4.69) is 53.3 Å². The standard InChI is InChI=1S/C29H46O2/c1-7-31-27(19(2)3)13-8-20(4)24-11-12-25-23-10-9-21-18-22(30)14-16-28(21,5)26(23)15-17-29(24,25)6/h7,9,13,19-20,22-26,30H,1,8,10-12,14-18H2,2-6H3/t20?,22-,23-,24+,25-,26-,28-,29+/m0/s1. The Labute approximate surface area is 191 Å². The maximum atomic E-state index is 10.2. The van der Waals surface area contributed by atoms with Crippen LogP contribution in [0.2, 0.25) is 0 Å². The largest absolute Gasteiger partial charge is 0.470 e. The molecule has 3 saturated carbocycles. The van der Waals surface area contributed by atoms with E-state index in [1.807, 2.05) is 0 Å². The van der Waals surface area contributed by atoms with Crippen LogP contribution in [0.4, 0.5) is 0 Å². The molecule has 2 heteroatoms. The van der Waals surface area contributed by atoms with E-state index in [-0.39, 0.29) is 6.10 Å². The average Bonchev–Trinajstić information content (AvgIpc) is 3.08. The van der Waals surface area contributed by atoms with E-state index in [1.54, 1.807) is 11.8 Å². The third-order valence-corrected chi connectivity index (χ3v) is 10.3. The van der Waals surface area contributed by atoms with Crippen molar-refractivity contribution in [3.05, 3.63) is 36.3 Å². The Bertz CT molecular complexity index is 733. The summed E-state index contributed by atoms with van der Waals surface area (Å²) in [5.74, 6) is 5.56. The van der Waals surface area contributed by atoms with Gasteiger partial charge in [0.15, 0.2) is 0 Å². The molecule has 0 aromatic rings. The molecular formula is C29H46O2. The summed E-state index contributed by atoms with van der Waals surface area (Å²) >= 11 is 0. The van der Waals surface area contributed by atoms with Crippen molar-refractivity contribution in [3.63, 3.8) is 0 Å². The lowest BCUT2D eigenvalue weighted by Crippen LogP contribution is -2.50. The Morgan fingerprint density at radius 1 is 1.16 bits per heavy atom. The first kappa shape index (κ1) is 23.1. The van der Waals surface area contributed by atoms with E-state index < -0.39 is 0 Å². The number of ether oxygens (including phenoxy) is 1. The van der Waals surface area contributed by atoms with Crippen LogP contribution in [0.5, 0.6) is 0 Å². The van der Waals surface area contributed by atoms with Crippen LogP contribution in [-0.2, 0) is 4.74 Å². The molecule has 1 unspecified atom stereocenters. The molecule has 2 nitrogen and oxygen atoms in total. The molecule has 0 radical (unpaired) electrons. The number of hydrogen-bond acceptors (Lipinski definition) is 2. The SMILES string of the molecule is C=COC(=CCC(C)[C@H]1CC[C@H]2[C@@H]3CC=C4C[C@@H](O)CC[C@]4(C)[C@H]3CC[C@]12C)C(C)C. The second-order valence-corrected chi connectivity index (χ2v) is 12.1. The molecule has 4 aliphatic rings. The molecule has 4 aliphatic carbocycles. The molecule has 4 rings (SSSR count). The minimum absolute atomic E-state index is 0.102. The third kappa shape index (κ3) is 3.96. The normalized spacial score (nSPS) is 43.5. The minimum Gasteiger partial charge on any atom is -0.470 e. The van der Waals surface area contributed by atoms with Gasteiger partial charge in [-0.1, -0.05) is 52.8 Å². The van der Waals surface area contributed by atoms with Crippen LogP contribution in [0, 0.1) is 46.3 Å². The number of aliphatic hydroxyl groups excluding tert-OH is 1. The van der Waals surface area contributed by atoms with Gasteiger partial charge in [-0.3, -0.25) is 0 Å². The molecule has 31 heavy (non-hydrogen) atoms. The topological polar surface area (TPSA) is 29.5 Å². The molecule has 174 valence electrons. The molecule has 0 aromatic carbocycles. The van der Waals surface area contributed by atoms with Gasteiger partial charge in [-0.2, -0.15) is 0 Å². The number of aliphatic hydroxyl groups is 1. The van der Waals surface area contributed by atoms with Crippen molar-refractivity contribution in [1.29, 1.82) is 0 Å². The smallest absolute Gasteiger partial charge is 0.102 e. The predicted octanol–water partition coefficient (Wildman–Crippen LogP) is 7.65. The van der Waals surface area contributed by atoms with Crippen LogP contribution in [0.15, 0.2) is 36.3 Å². The van der Waals surface area contributed by atoms with E-state index in [0.717, 1.165) is 48.7 Å². The van der Waals surface area contributed by atoms with E-state index in [4.69, 9.17) is 4.74 Å². The Kier molecular flexibility index (Phi) is 6.52. The predicted molar refractivity (Wildman–Crippen MR) is 129 cm³/mol. The highest BCUT2D eigenvalue weighted by Gasteiger charge is 2.59. The summed E-state index contributed by atoms with van der Waals surface area (Å²) in [4.78, 5) is 0. The van der Waals surface area contributed by atoms with Crippen LogP contribution in [0.1, 0.15) is 92.4 Å².